The summed E-state index contributed by atoms with van der Waals surface area (Å²) in [5.74, 6) is 0. The van der Waals surface area contributed by atoms with Crippen LogP contribution in [0, 0.1) is 0 Å². The van der Waals surface area contributed by atoms with E-state index in [9.17, 15) is 0 Å². The van der Waals surface area contributed by atoms with Crippen LogP contribution in [0.5, 0.6) is 0 Å². The van der Waals surface area contributed by atoms with Gasteiger partial charge in [0.2, 0.25) is 0 Å². The van der Waals surface area contributed by atoms with Crippen LogP contribution in [-0.4, -0.2) is 0 Å². The molecule has 108 valence electrons. The van der Waals surface area contributed by atoms with E-state index < -0.39 is 0 Å². The lowest BCUT2D eigenvalue weighted by Crippen LogP contribution is -1.78. The molecule has 1 aromatic carbocycles. The Kier molecular flexibility index (Phi) is 5.22. The van der Waals surface area contributed by atoms with E-state index in [4.69, 9.17) is 0 Å². The maximum absolute atomic E-state index is 2.30. The Morgan fingerprint density at radius 3 is 1.24 bits per heavy atom. The van der Waals surface area contributed by atoms with E-state index in [1.54, 1.807) is 11.3 Å². The average molecular weight is 331 g/mol. The summed E-state index contributed by atoms with van der Waals surface area (Å²) in [6.45, 7) is 0. The van der Waals surface area contributed by atoms with Crippen LogP contribution in [-0.2, 0) is 0 Å². The second-order valence-corrected chi connectivity index (χ2v) is 9.16. The van der Waals surface area contributed by atoms with Gasteiger partial charge in [-0.3, -0.25) is 0 Å². The Labute approximate surface area is 135 Å². The van der Waals surface area contributed by atoms with E-state index in [1.807, 2.05) is 22.9 Å². The Bertz CT molecular complexity index is 573. The van der Waals surface area contributed by atoms with Crippen LogP contribution < -0.4 is 0 Å². The second-order valence-electron chi connectivity index (χ2n) is 4.49. The first-order valence-electron chi connectivity index (χ1n) is 6.77. The molecule has 0 unspecified atom stereocenters. The quantitative estimate of drug-likeness (QED) is 0.599. The van der Waals surface area contributed by atoms with E-state index in [1.165, 1.54) is 9.79 Å². The molecule has 21 heavy (non-hydrogen) atoms. The minimum absolute atomic E-state index is 0.155. The SMILES string of the molecule is C1=C[SH](c2ccc([SH]3C=CC=C3)cc2)C=C1.c1ccsc1. The Hall–Kier alpha value is -1.42. The van der Waals surface area contributed by atoms with Crippen molar-refractivity contribution in [2.75, 3.05) is 0 Å². The molecular formula is C18H18S3. The van der Waals surface area contributed by atoms with Gasteiger partial charge < -0.3 is 0 Å². The van der Waals surface area contributed by atoms with Gasteiger partial charge in [0.05, 0.1) is 0 Å². The molecule has 2 aliphatic rings. The van der Waals surface area contributed by atoms with Crippen LogP contribution in [0.3, 0.4) is 0 Å². The number of rotatable bonds is 2. The second kappa shape index (κ2) is 7.55. The minimum atomic E-state index is -0.155. The number of benzene rings is 1. The highest BCUT2D eigenvalue weighted by Crippen LogP contribution is 2.45. The van der Waals surface area contributed by atoms with Crippen molar-refractivity contribution in [3.63, 3.8) is 0 Å². The zero-order valence-electron chi connectivity index (χ0n) is 11.5. The van der Waals surface area contributed by atoms with Crippen LogP contribution >= 0.6 is 33.1 Å². The summed E-state index contributed by atoms with van der Waals surface area (Å²) in [6, 6.07) is 13.2. The molecule has 0 atom stereocenters. The fourth-order valence-electron chi connectivity index (χ4n) is 2.04. The predicted molar refractivity (Wildman–Crippen MR) is 102 cm³/mol. The van der Waals surface area contributed by atoms with Gasteiger partial charge in [-0.1, -0.05) is 36.4 Å². The average Bonchev–Trinajstić information content (AvgIpc) is 3.32. The summed E-state index contributed by atoms with van der Waals surface area (Å²) < 4.78 is 0. The fourth-order valence-corrected chi connectivity index (χ4v) is 5.50. The van der Waals surface area contributed by atoms with Crippen molar-refractivity contribution < 1.29 is 0 Å². The zero-order chi connectivity index (χ0) is 14.3. The molecule has 0 nitrogen and oxygen atoms in total. The van der Waals surface area contributed by atoms with Gasteiger partial charge in [-0.15, -0.1) is 0 Å². The van der Waals surface area contributed by atoms with E-state index in [0.29, 0.717) is 0 Å². The fraction of sp³-hybridized carbons (Fsp3) is 0. The summed E-state index contributed by atoms with van der Waals surface area (Å²) in [7, 11) is -0.309. The van der Waals surface area contributed by atoms with E-state index in [-0.39, 0.29) is 21.8 Å². The predicted octanol–water partition coefficient (Wildman–Crippen LogP) is 6.24. The van der Waals surface area contributed by atoms with E-state index in [2.05, 4.69) is 70.2 Å². The van der Waals surface area contributed by atoms with E-state index in [0.717, 1.165) is 0 Å². The summed E-state index contributed by atoms with van der Waals surface area (Å²) in [4.78, 5) is 2.90. The van der Waals surface area contributed by atoms with Crippen molar-refractivity contribution in [1.82, 2.24) is 0 Å². The standard InChI is InChI=1S/C14H14S2.C4H4S/c1-2-10-15(9-1)13-5-7-14(8-6-13)16-11-3-4-12-16;1-2-4-5-3-1/h1-12,15-16H;1-4H. The molecule has 4 rings (SSSR count). The molecule has 1 aromatic heterocycles. The first kappa shape index (κ1) is 14.5. The molecule has 0 saturated carbocycles. The molecule has 3 heterocycles. The molecule has 2 aromatic rings. The number of thiophene rings is 1. The minimum Gasteiger partial charge on any atom is -0.186 e. The third-order valence-corrected chi connectivity index (χ3v) is 7.47. The first-order valence-corrected chi connectivity index (χ1v) is 10.7. The number of hydrogen-bond acceptors (Lipinski definition) is 1. The van der Waals surface area contributed by atoms with Gasteiger partial charge in [0, 0.05) is 0 Å². The molecule has 0 fully saturated rings. The van der Waals surface area contributed by atoms with Gasteiger partial charge in [-0.05, 0) is 66.4 Å². The van der Waals surface area contributed by atoms with Gasteiger partial charge in [-0.2, -0.15) is 33.1 Å². The number of thiol groups is 2. The highest BCUT2D eigenvalue weighted by atomic mass is 32.2. The van der Waals surface area contributed by atoms with Crippen molar-refractivity contribution in [2.45, 2.75) is 9.79 Å². The molecule has 0 amide bonds. The van der Waals surface area contributed by atoms with Crippen LogP contribution in [0.2, 0.25) is 0 Å². The molecule has 0 saturated heterocycles. The molecule has 0 N–H and O–H groups in total. The third-order valence-electron chi connectivity index (χ3n) is 3.08. The van der Waals surface area contributed by atoms with Gasteiger partial charge in [0.25, 0.3) is 0 Å². The maximum atomic E-state index is 2.30. The molecule has 3 heteroatoms. The summed E-state index contributed by atoms with van der Waals surface area (Å²) >= 11 is 1.71. The van der Waals surface area contributed by atoms with Gasteiger partial charge in [-0.25, -0.2) is 0 Å². The third kappa shape index (κ3) is 4.03. The summed E-state index contributed by atoms with van der Waals surface area (Å²) in [6.07, 6.45) is 8.58. The largest absolute Gasteiger partial charge is 0.186 e. The van der Waals surface area contributed by atoms with Gasteiger partial charge in [0.1, 0.15) is 0 Å². The molecule has 0 spiro atoms. The van der Waals surface area contributed by atoms with Crippen molar-refractivity contribution >= 4 is 33.1 Å². The Balaban J connectivity index is 0.000000225. The lowest BCUT2D eigenvalue weighted by Gasteiger charge is -2.14. The summed E-state index contributed by atoms with van der Waals surface area (Å²) in [5, 5.41) is 13.3. The van der Waals surface area contributed by atoms with Crippen molar-refractivity contribution in [1.29, 1.82) is 0 Å². The zero-order valence-corrected chi connectivity index (χ0v) is 14.1. The highest BCUT2D eigenvalue weighted by molar-refractivity contribution is 8.22. The molecule has 0 bridgehead atoms. The number of allylic oxidation sites excluding steroid dienone is 4. The van der Waals surface area contributed by atoms with E-state index >= 15 is 0 Å². The van der Waals surface area contributed by atoms with Crippen LogP contribution in [0.1, 0.15) is 0 Å². The molecule has 0 radical (unpaired) electrons. The molecular weight excluding hydrogens is 312 g/mol. The highest BCUT2D eigenvalue weighted by Gasteiger charge is 2.05. The molecule has 0 aliphatic carbocycles. The lowest BCUT2D eigenvalue weighted by molar-refractivity contribution is 1.35. The summed E-state index contributed by atoms with van der Waals surface area (Å²) in [5.41, 5.74) is 0. The van der Waals surface area contributed by atoms with Crippen molar-refractivity contribution in [3.05, 3.63) is 93.1 Å². The van der Waals surface area contributed by atoms with Crippen LogP contribution in [0.15, 0.2) is 103 Å². The van der Waals surface area contributed by atoms with Crippen molar-refractivity contribution in [3.8, 4) is 0 Å². The lowest BCUT2D eigenvalue weighted by atomic mass is 10.4. The Morgan fingerprint density at radius 1 is 0.571 bits per heavy atom. The van der Waals surface area contributed by atoms with Crippen LogP contribution in [0.25, 0.3) is 0 Å². The monoisotopic (exact) mass is 330 g/mol. The maximum Gasteiger partial charge on any atom is -0.00544 e. The first-order chi connectivity index (χ1) is 10.4. The van der Waals surface area contributed by atoms with Gasteiger partial charge in [0.15, 0.2) is 0 Å². The topological polar surface area (TPSA) is 0 Å². The number of hydrogen-bond donors (Lipinski definition) is 2. The normalized spacial score (nSPS) is 18.1. The Morgan fingerprint density at radius 2 is 0.952 bits per heavy atom. The van der Waals surface area contributed by atoms with Gasteiger partial charge >= 0.3 is 0 Å². The molecule has 2 aliphatic heterocycles. The smallest absolute Gasteiger partial charge is 0.00544 e. The van der Waals surface area contributed by atoms with Crippen molar-refractivity contribution in [2.24, 2.45) is 0 Å². The van der Waals surface area contributed by atoms with Crippen LogP contribution in [0.4, 0.5) is 0 Å².